The van der Waals surface area contributed by atoms with Crippen LogP contribution < -0.4 is 10.6 Å². The lowest BCUT2D eigenvalue weighted by atomic mass is 9.87. The van der Waals surface area contributed by atoms with Crippen molar-refractivity contribution in [2.75, 3.05) is 13.1 Å². The monoisotopic (exact) mass is 435 g/mol. The molecule has 0 aromatic carbocycles. The van der Waals surface area contributed by atoms with Gasteiger partial charge < -0.3 is 15.5 Å². The van der Waals surface area contributed by atoms with E-state index in [0.717, 1.165) is 0 Å². The van der Waals surface area contributed by atoms with Crippen molar-refractivity contribution < 1.29 is 14.4 Å². The van der Waals surface area contributed by atoms with E-state index in [2.05, 4.69) is 45.3 Å². The number of piperidine rings is 1. The molecule has 0 spiro atoms. The van der Waals surface area contributed by atoms with Gasteiger partial charge in [0.15, 0.2) is 0 Å². The van der Waals surface area contributed by atoms with Crippen LogP contribution in [-0.2, 0) is 9.59 Å². The standard InChI is InChI=1S/C23H37N3O3S/c1-15(2)16(3)24-22(29)20(25-21(28)18-8-7-13-30-18)17-9-11-26(12-10-17)19(27)14-23(4,5)6/h7-8,13,15-17,20H,9-12,14H2,1-6H3,(H,24,29)(H,25,28). The lowest BCUT2D eigenvalue weighted by molar-refractivity contribution is -0.134. The van der Waals surface area contributed by atoms with Crippen molar-refractivity contribution in [3.05, 3.63) is 22.4 Å². The molecular weight excluding hydrogens is 398 g/mol. The highest BCUT2D eigenvalue weighted by Crippen LogP contribution is 2.25. The van der Waals surface area contributed by atoms with Crippen molar-refractivity contribution >= 4 is 29.1 Å². The summed E-state index contributed by atoms with van der Waals surface area (Å²) in [6.07, 6.45) is 1.92. The van der Waals surface area contributed by atoms with E-state index in [1.165, 1.54) is 11.3 Å². The molecule has 2 heterocycles. The molecule has 30 heavy (non-hydrogen) atoms. The Kier molecular flexibility index (Phi) is 8.47. The molecule has 0 bridgehead atoms. The number of hydrogen-bond donors (Lipinski definition) is 2. The fourth-order valence-corrected chi connectivity index (χ4v) is 4.17. The fourth-order valence-electron chi connectivity index (χ4n) is 3.55. The van der Waals surface area contributed by atoms with Crippen LogP contribution in [0.25, 0.3) is 0 Å². The normalized spacial score (nSPS) is 17.5. The van der Waals surface area contributed by atoms with Crippen LogP contribution in [0.1, 0.15) is 70.5 Å². The van der Waals surface area contributed by atoms with Gasteiger partial charge in [-0.05, 0) is 48.5 Å². The average molecular weight is 436 g/mol. The minimum Gasteiger partial charge on any atom is -0.352 e. The zero-order valence-corrected chi connectivity index (χ0v) is 20.0. The molecule has 1 aliphatic rings. The summed E-state index contributed by atoms with van der Waals surface area (Å²) in [5, 5.41) is 7.88. The molecule has 1 aromatic heterocycles. The van der Waals surface area contributed by atoms with Gasteiger partial charge in [0, 0.05) is 25.6 Å². The van der Waals surface area contributed by atoms with Gasteiger partial charge in [-0.1, -0.05) is 40.7 Å². The first-order chi connectivity index (χ1) is 14.0. The number of carbonyl (C=O) groups excluding carboxylic acids is 3. The molecule has 2 N–H and O–H groups in total. The Bertz CT molecular complexity index is 717. The molecule has 1 aromatic rings. The Balaban J connectivity index is 2.06. The van der Waals surface area contributed by atoms with E-state index >= 15 is 0 Å². The molecular formula is C23H37N3O3S. The predicted octanol–water partition coefficient (Wildman–Crippen LogP) is 3.68. The molecule has 0 saturated carbocycles. The van der Waals surface area contributed by atoms with Crippen molar-refractivity contribution in [1.82, 2.24) is 15.5 Å². The third kappa shape index (κ3) is 7.11. The fraction of sp³-hybridized carbons (Fsp3) is 0.696. The number of thiophene rings is 1. The molecule has 0 radical (unpaired) electrons. The summed E-state index contributed by atoms with van der Waals surface area (Å²) in [5.74, 6) is 0.124. The largest absolute Gasteiger partial charge is 0.352 e. The van der Waals surface area contributed by atoms with Crippen LogP contribution in [0.15, 0.2) is 17.5 Å². The van der Waals surface area contributed by atoms with E-state index in [1.54, 1.807) is 6.07 Å². The Morgan fingerprint density at radius 2 is 1.77 bits per heavy atom. The molecule has 7 heteroatoms. The van der Waals surface area contributed by atoms with Crippen LogP contribution in [0.2, 0.25) is 0 Å². The van der Waals surface area contributed by atoms with E-state index < -0.39 is 6.04 Å². The van der Waals surface area contributed by atoms with Crippen LogP contribution >= 0.6 is 11.3 Å². The summed E-state index contributed by atoms with van der Waals surface area (Å²) in [6.45, 7) is 13.5. The maximum Gasteiger partial charge on any atom is 0.262 e. The van der Waals surface area contributed by atoms with Crippen LogP contribution in [0.3, 0.4) is 0 Å². The third-order valence-corrected chi connectivity index (χ3v) is 6.60. The maximum atomic E-state index is 13.1. The lowest BCUT2D eigenvalue weighted by Crippen LogP contribution is -2.55. The molecule has 1 fully saturated rings. The highest BCUT2D eigenvalue weighted by molar-refractivity contribution is 7.12. The highest BCUT2D eigenvalue weighted by Gasteiger charge is 2.35. The second-order valence-electron chi connectivity index (χ2n) is 9.93. The number of amides is 3. The first-order valence-corrected chi connectivity index (χ1v) is 11.8. The zero-order chi connectivity index (χ0) is 22.5. The molecule has 1 aliphatic heterocycles. The summed E-state index contributed by atoms with van der Waals surface area (Å²) in [6, 6.07) is 3.02. The van der Waals surface area contributed by atoms with Crippen molar-refractivity contribution in [3.8, 4) is 0 Å². The number of rotatable bonds is 7. The number of likely N-dealkylation sites (tertiary alicyclic amines) is 1. The number of hydrogen-bond acceptors (Lipinski definition) is 4. The van der Waals surface area contributed by atoms with Gasteiger partial charge in [-0.15, -0.1) is 11.3 Å². The van der Waals surface area contributed by atoms with Crippen molar-refractivity contribution in [1.29, 1.82) is 0 Å². The van der Waals surface area contributed by atoms with E-state index in [-0.39, 0.29) is 35.1 Å². The number of nitrogens with one attached hydrogen (secondary N) is 2. The van der Waals surface area contributed by atoms with Gasteiger partial charge in [0.1, 0.15) is 6.04 Å². The quantitative estimate of drug-likeness (QED) is 0.686. The molecule has 0 aliphatic carbocycles. The number of carbonyl (C=O) groups is 3. The summed E-state index contributed by atoms with van der Waals surface area (Å²) >= 11 is 1.36. The average Bonchev–Trinajstić information content (AvgIpc) is 3.19. The Morgan fingerprint density at radius 1 is 1.13 bits per heavy atom. The molecule has 2 rings (SSSR count). The van der Waals surface area contributed by atoms with Crippen molar-refractivity contribution in [3.63, 3.8) is 0 Å². The van der Waals surface area contributed by atoms with E-state index in [9.17, 15) is 14.4 Å². The third-order valence-electron chi connectivity index (χ3n) is 5.73. The zero-order valence-electron chi connectivity index (χ0n) is 19.2. The Hall–Kier alpha value is -1.89. The minimum atomic E-state index is -0.597. The molecule has 6 nitrogen and oxygen atoms in total. The van der Waals surface area contributed by atoms with E-state index in [1.807, 2.05) is 23.3 Å². The van der Waals surface area contributed by atoms with Gasteiger partial charge in [0.25, 0.3) is 5.91 Å². The molecule has 2 unspecified atom stereocenters. The lowest BCUT2D eigenvalue weighted by Gasteiger charge is -2.37. The van der Waals surface area contributed by atoms with Crippen LogP contribution in [-0.4, -0.2) is 47.8 Å². The Morgan fingerprint density at radius 3 is 2.27 bits per heavy atom. The van der Waals surface area contributed by atoms with Crippen LogP contribution in [0.5, 0.6) is 0 Å². The minimum absolute atomic E-state index is 0.00645. The van der Waals surface area contributed by atoms with Gasteiger partial charge in [0.05, 0.1) is 4.88 Å². The summed E-state index contributed by atoms with van der Waals surface area (Å²) < 4.78 is 0. The van der Waals surface area contributed by atoms with Gasteiger partial charge in [-0.25, -0.2) is 0 Å². The second kappa shape index (κ2) is 10.4. The molecule has 1 saturated heterocycles. The van der Waals surface area contributed by atoms with Crippen molar-refractivity contribution in [2.45, 2.75) is 72.9 Å². The number of nitrogens with zero attached hydrogens (tertiary/aromatic N) is 1. The predicted molar refractivity (Wildman–Crippen MR) is 121 cm³/mol. The topological polar surface area (TPSA) is 78.5 Å². The summed E-state index contributed by atoms with van der Waals surface area (Å²) in [5.41, 5.74) is -0.0436. The second-order valence-corrected chi connectivity index (χ2v) is 10.9. The van der Waals surface area contributed by atoms with Crippen LogP contribution in [0, 0.1) is 17.3 Å². The molecule has 3 amide bonds. The maximum absolute atomic E-state index is 13.1. The van der Waals surface area contributed by atoms with Crippen molar-refractivity contribution in [2.24, 2.45) is 17.3 Å². The van der Waals surface area contributed by atoms with Gasteiger partial charge in [-0.3, -0.25) is 14.4 Å². The van der Waals surface area contributed by atoms with Gasteiger partial charge in [0.2, 0.25) is 11.8 Å². The SMILES string of the molecule is CC(C)C(C)NC(=O)C(NC(=O)c1cccs1)C1CCN(C(=O)CC(C)(C)C)CC1. The first kappa shape index (κ1) is 24.4. The van der Waals surface area contributed by atoms with Crippen LogP contribution in [0.4, 0.5) is 0 Å². The summed E-state index contributed by atoms with van der Waals surface area (Å²) in [4.78, 5) is 40.8. The van der Waals surface area contributed by atoms with E-state index in [4.69, 9.17) is 0 Å². The highest BCUT2D eigenvalue weighted by atomic mass is 32.1. The van der Waals surface area contributed by atoms with E-state index in [0.29, 0.717) is 43.1 Å². The molecule has 168 valence electrons. The van der Waals surface area contributed by atoms with Gasteiger partial charge in [-0.2, -0.15) is 0 Å². The smallest absolute Gasteiger partial charge is 0.262 e. The van der Waals surface area contributed by atoms with Gasteiger partial charge >= 0.3 is 0 Å². The molecule has 2 atom stereocenters. The summed E-state index contributed by atoms with van der Waals surface area (Å²) in [7, 11) is 0. The Labute approximate surface area is 184 Å². The first-order valence-electron chi connectivity index (χ1n) is 10.9.